The number of para-hydroxylation sites is 2. The minimum absolute atomic E-state index is 0.0107. The number of fused-ring (bicyclic) bond motifs is 2. The average Bonchev–Trinajstić information content (AvgIpc) is 4.12. The number of hydrogen-bond donors (Lipinski definition) is 4. The number of amides is 4. The van der Waals surface area contributed by atoms with E-state index in [0.29, 0.717) is 54.1 Å². The molecule has 3 aromatic heterocycles. The number of unbranched alkanes of at least 4 members (excludes halogenated alkanes) is 2. The number of benzene rings is 3. The highest BCUT2D eigenvalue weighted by Gasteiger charge is 2.44. The highest BCUT2D eigenvalue weighted by atomic mass is 32.1. The van der Waals surface area contributed by atoms with E-state index >= 15 is 0 Å². The van der Waals surface area contributed by atoms with Crippen LogP contribution in [-0.4, -0.2) is 88.0 Å². The van der Waals surface area contributed by atoms with Crippen molar-refractivity contribution in [2.45, 2.75) is 110 Å². The second-order valence-corrected chi connectivity index (χ2v) is 18.9. The van der Waals surface area contributed by atoms with Crippen molar-refractivity contribution in [3.63, 3.8) is 0 Å². The highest BCUT2D eigenvalue weighted by molar-refractivity contribution is 7.13. The van der Waals surface area contributed by atoms with Gasteiger partial charge in [0.05, 0.1) is 49.9 Å². The Morgan fingerprint density at radius 2 is 1.72 bits per heavy atom. The molecule has 1 fully saturated rings. The third-order valence-electron chi connectivity index (χ3n) is 12.2. The number of rotatable bonds is 17. The van der Waals surface area contributed by atoms with E-state index in [0.717, 1.165) is 51.1 Å². The number of nitrogens with one attached hydrogen (secondary N) is 2. The molecular weight excluding hydrogens is 843 g/mol. The Bertz CT molecular complexity index is 2860. The van der Waals surface area contributed by atoms with E-state index in [-0.39, 0.29) is 55.4 Å². The third kappa shape index (κ3) is 9.93. The van der Waals surface area contributed by atoms with Crippen molar-refractivity contribution in [3.05, 3.63) is 118 Å². The summed E-state index contributed by atoms with van der Waals surface area (Å²) in [5.74, 6) is -1.31. The van der Waals surface area contributed by atoms with Crippen molar-refractivity contribution in [1.82, 2.24) is 40.1 Å². The lowest BCUT2D eigenvalue weighted by atomic mass is 9.85. The molecule has 338 valence electrons. The maximum Gasteiger partial charge on any atom is 0.279 e. The quantitative estimate of drug-likeness (QED) is 0.0936. The zero-order chi connectivity index (χ0) is 45.8. The molecule has 3 atom stereocenters. The molecular formula is C49H55N9O6S. The van der Waals surface area contributed by atoms with Crippen LogP contribution >= 0.6 is 11.3 Å². The number of aromatic hydroxyl groups is 1. The second kappa shape index (κ2) is 19.3. The largest absolute Gasteiger partial charge is 0.494 e. The predicted molar refractivity (Wildman–Crippen MR) is 247 cm³/mol. The Morgan fingerprint density at radius 1 is 0.954 bits per heavy atom. The summed E-state index contributed by atoms with van der Waals surface area (Å²) in [4.78, 5) is 64.9. The highest BCUT2D eigenvalue weighted by Crippen LogP contribution is 2.37. The van der Waals surface area contributed by atoms with Crippen LogP contribution in [0, 0.1) is 12.3 Å². The summed E-state index contributed by atoms with van der Waals surface area (Å²) in [5, 5.41) is 38.8. The van der Waals surface area contributed by atoms with E-state index in [2.05, 4.69) is 30.9 Å². The van der Waals surface area contributed by atoms with Gasteiger partial charge in [-0.25, -0.2) is 9.98 Å². The second-order valence-electron chi connectivity index (χ2n) is 18.0. The molecule has 2 aliphatic heterocycles. The Morgan fingerprint density at radius 3 is 2.49 bits per heavy atom. The molecule has 4 N–H and O–H groups in total. The summed E-state index contributed by atoms with van der Waals surface area (Å²) in [6.07, 6.45) is 4.86. The van der Waals surface area contributed by atoms with Crippen molar-refractivity contribution in [2.75, 3.05) is 6.54 Å². The first kappa shape index (κ1) is 45.1. The smallest absolute Gasteiger partial charge is 0.279 e. The summed E-state index contributed by atoms with van der Waals surface area (Å²) >= 11 is 1.58. The minimum Gasteiger partial charge on any atom is -0.494 e. The first-order valence-electron chi connectivity index (χ1n) is 22.2. The van der Waals surface area contributed by atoms with E-state index < -0.39 is 23.6 Å². The van der Waals surface area contributed by atoms with Gasteiger partial charge in [-0.05, 0) is 61.3 Å². The molecule has 0 bridgehead atoms. The number of likely N-dealkylation sites (tertiary alicyclic amines) is 1. The topological polar surface area (TPSA) is 197 Å². The van der Waals surface area contributed by atoms with E-state index in [1.807, 2.05) is 111 Å². The normalized spacial score (nSPS) is 16.5. The van der Waals surface area contributed by atoms with Gasteiger partial charge in [0.1, 0.15) is 12.1 Å². The number of aliphatic hydroxyl groups is 1. The number of aromatic nitrogens is 5. The van der Waals surface area contributed by atoms with Gasteiger partial charge in [0.2, 0.25) is 17.7 Å². The van der Waals surface area contributed by atoms with Gasteiger partial charge < -0.3 is 30.3 Å². The molecule has 0 saturated carbocycles. The van der Waals surface area contributed by atoms with Crippen LogP contribution in [0.5, 0.6) is 5.88 Å². The molecule has 6 aromatic rings. The lowest BCUT2D eigenvalue weighted by Gasteiger charge is -2.35. The number of β-amino-alcohol motifs (C(OH)–C–C–N with tert-alkyl or cyclic N) is 1. The molecule has 15 nitrogen and oxygen atoms in total. The van der Waals surface area contributed by atoms with Crippen LogP contribution in [0.4, 0.5) is 0 Å². The monoisotopic (exact) mass is 897 g/mol. The molecule has 0 unspecified atom stereocenters. The fraction of sp³-hybridized carbons (Fsp3) is 0.388. The number of thiazole rings is 1. The maximum absolute atomic E-state index is 14.1. The van der Waals surface area contributed by atoms with Crippen LogP contribution in [0.2, 0.25) is 0 Å². The minimum atomic E-state index is -0.891. The Labute approximate surface area is 380 Å². The lowest BCUT2D eigenvalue weighted by molar-refractivity contribution is -0.144. The Balaban J connectivity index is 0.789. The van der Waals surface area contributed by atoms with Gasteiger partial charge in [-0.1, -0.05) is 93.1 Å². The molecule has 4 amide bonds. The van der Waals surface area contributed by atoms with E-state index in [4.69, 9.17) is 0 Å². The summed E-state index contributed by atoms with van der Waals surface area (Å²) in [7, 11) is 0. The van der Waals surface area contributed by atoms with Gasteiger partial charge in [-0.3, -0.25) is 23.9 Å². The molecule has 5 heterocycles. The van der Waals surface area contributed by atoms with Crippen molar-refractivity contribution in [3.8, 4) is 16.3 Å². The summed E-state index contributed by atoms with van der Waals surface area (Å²) in [6, 6.07) is 21.2. The molecule has 65 heavy (non-hydrogen) atoms. The fourth-order valence-corrected chi connectivity index (χ4v) is 9.61. The van der Waals surface area contributed by atoms with Crippen molar-refractivity contribution >= 4 is 51.4 Å². The van der Waals surface area contributed by atoms with Crippen LogP contribution in [-0.2, 0) is 45.2 Å². The van der Waals surface area contributed by atoms with E-state index in [9.17, 15) is 29.4 Å². The fourth-order valence-electron chi connectivity index (χ4n) is 8.80. The molecule has 0 aliphatic carbocycles. The van der Waals surface area contributed by atoms with Crippen LogP contribution < -0.4 is 21.2 Å². The number of carbonyl (C=O) groups is 4. The Hall–Kier alpha value is -6.52. The lowest BCUT2D eigenvalue weighted by Crippen LogP contribution is -2.57. The van der Waals surface area contributed by atoms with Gasteiger partial charge >= 0.3 is 0 Å². The van der Waals surface area contributed by atoms with Crippen LogP contribution in [0.1, 0.15) is 81.8 Å². The first-order chi connectivity index (χ1) is 31.3. The molecule has 0 spiro atoms. The Kier molecular flexibility index (Phi) is 13.4. The summed E-state index contributed by atoms with van der Waals surface area (Å²) in [5.41, 5.74) is 6.66. The molecule has 0 radical (unpaired) electrons. The van der Waals surface area contributed by atoms with Gasteiger partial charge in [0.25, 0.3) is 5.91 Å². The van der Waals surface area contributed by atoms with Crippen molar-refractivity contribution in [2.24, 2.45) is 10.4 Å². The van der Waals surface area contributed by atoms with Gasteiger partial charge in [0, 0.05) is 55.8 Å². The van der Waals surface area contributed by atoms with Gasteiger partial charge in [-0.2, -0.15) is 0 Å². The van der Waals surface area contributed by atoms with Crippen molar-refractivity contribution < 1.29 is 29.4 Å². The third-order valence-corrected chi connectivity index (χ3v) is 13.2. The number of aryl methyl sites for hydroxylation is 4. The van der Waals surface area contributed by atoms with Crippen molar-refractivity contribution in [1.29, 1.82) is 0 Å². The number of aliphatic hydroxyl groups excluding tert-OH is 1. The zero-order valence-electron chi connectivity index (χ0n) is 37.2. The average molecular weight is 898 g/mol. The summed E-state index contributed by atoms with van der Waals surface area (Å²) < 4.78 is 3.64. The maximum atomic E-state index is 14.1. The zero-order valence-corrected chi connectivity index (χ0v) is 38.0. The molecule has 3 aromatic carbocycles. The number of carbonyl (C=O) groups excluding carboxylic acids is 4. The summed E-state index contributed by atoms with van der Waals surface area (Å²) in [6.45, 7) is 9.00. The van der Waals surface area contributed by atoms with E-state index in [1.165, 1.54) is 4.90 Å². The number of hydrogen-bond acceptors (Lipinski definition) is 10. The van der Waals surface area contributed by atoms with E-state index in [1.54, 1.807) is 22.1 Å². The molecule has 8 rings (SSSR count). The molecule has 2 aliphatic rings. The van der Waals surface area contributed by atoms with Gasteiger partial charge in [0.15, 0.2) is 5.88 Å². The van der Waals surface area contributed by atoms with Crippen LogP contribution in [0.25, 0.3) is 26.9 Å². The van der Waals surface area contributed by atoms with Crippen LogP contribution in [0.3, 0.4) is 0 Å². The van der Waals surface area contributed by atoms with Crippen LogP contribution in [0.15, 0.2) is 89.5 Å². The first-order valence-corrected chi connectivity index (χ1v) is 23.1. The standard InChI is InChI=1S/C49H55N9O6S/c1-30-43(65-29-51-30)32-21-19-31(20-22-32)26-50-45(61)39-25-34(59)28-58(39)48(64)44(49(2,3)4)53-40(60)18-6-5-11-23-56-27-33(54-55-56)13-12-24-57-38-17-10-8-15-36(38)42(47(57)63)41-35-14-7-9-16-37(35)52-46(41)62/h7-10,14-17,19-22,27,29,34,39,44,59,63H,5-6,11-13,18,23-26,28H2,1-4H3,(H,50,61)(H,53,60)/t34-,39+,44-/m1/s1. The molecule has 1 saturated heterocycles. The molecule has 16 heteroatoms. The predicted octanol–water partition coefficient (Wildman–Crippen LogP) is 4.73. The van der Waals surface area contributed by atoms with Gasteiger partial charge in [-0.15, -0.1) is 16.4 Å². The SMILES string of the molecule is Cc1ncsc1-c1ccc(CNC(=O)[C@@H]2C[C@@H](O)CN2C(=O)[C@@H](NC(=O)CCCCCn2cc(CCCn3c(O)c(C4=c5ccccc5=NC4=O)c4ccccc43)nn2)C(C)(C)C)cc1. The number of nitrogens with zero attached hydrogens (tertiary/aromatic N) is 7.